The number of nitrogens with zero attached hydrogens (tertiary/aromatic N) is 3. The molecule has 5 heteroatoms. The van der Waals surface area contributed by atoms with E-state index in [1.807, 2.05) is 21.9 Å². The van der Waals surface area contributed by atoms with Crippen LogP contribution in [0.5, 0.6) is 0 Å². The molecule has 25 heavy (non-hydrogen) atoms. The summed E-state index contributed by atoms with van der Waals surface area (Å²) in [5.41, 5.74) is 2.35. The van der Waals surface area contributed by atoms with Crippen molar-refractivity contribution in [1.82, 2.24) is 9.80 Å². The van der Waals surface area contributed by atoms with Crippen LogP contribution in [0.1, 0.15) is 37.7 Å². The molecule has 0 aliphatic carbocycles. The van der Waals surface area contributed by atoms with Crippen LogP contribution < -0.4 is 4.90 Å². The predicted molar refractivity (Wildman–Crippen MR) is 97.5 cm³/mol. The maximum atomic E-state index is 12.9. The summed E-state index contributed by atoms with van der Waals surface area (Å²) in [5.74, 6) is 0.481. The molecule has 1 atom stereocenters. The molecule has 3 aliphatic heterocycles. The van der Waals surface area contributed by atoms with E-state index in [0.29, 0.717) is 19.0 Å². The molecular formula is C20H27N3O2. The monoisotopic (exact) mass is 341 g/mol. The Morgan fingerprint density at radius 3 is 2.76 bits per heavy atom. The van der Waals surface area contributed by atoms with E-state index in [0.717, 1.165) is 57.5 Å². The van der Waals surface area contributed by atoms with Crippen LogP contribution in [-0.4, -0.2) is 60.4 Å². The van der Waals surface area contributed by atoms with Crippen LogP contribution >= 0.6 is 0 Å². The van der Waals surface area contributed by atoms with Crippen LogP contribution in [0.2, 0.25) is 0 Å². The number of piperidine rings is 1. The maximum Gasteiger partial charge on any atom is 0.241 e. The summed E-state index contributed by atoms with van der Waals surface area (Å²) in [6.45, 7) is 3.91. The molecule has 4 rings (SSSR count). The Hall–Kier alpha value is -1.88. The first kappa shape index (κ1) is 16.6. The Balaban J connectivity index is 1.41. The fraction of sp³-hybridized carbons (Fsp3) is 0.600. The summed E-state index contributed by atoms with van der Waals surface area (Å²) in [5, 5.41) is 0. The second-order valence-electron chi connectivity index (χ2n) is 7.49. The quantitative estimate of drug-likeness (QED) is 0.842. The number of anilines is 1. The molecule has 2 amide bonds. The van der Waals surface area contributed by atoms with Crippen LogP contribution in [0, 0.1) is 0 Å². The molecule has 1 aromatic carbocycles. The number of amides is 2. The van der Waals surface area contributed by atoms with Gasteiger partial charge >= 0.3 is 0 Å². The van der Waals surface area contributed by atoms with Crippen molar-refractivity contribution in [3.05, 3.63) is 29.8 Å². The topological polar surface area (TPSA) is 43.9 Å². The van der Waals surface area contributed by atoms with Gasteiger partial charge in [0.15, 0.2) is 0 Å². The predicted octanol–water partition coefficient (Wildman–Crippen LogP) is 2.05. The van der Waals surface area contributed by atoms with Crippen LogP contribution in [-0.2, 0) is 16.0 Å². The molecule has 1 aromatic rings. The van der Waals surface area contributed by atoms with Gasteiger partial charge in [-0.3, -0.25) is 14.5 Å². The van der Waals surface area contributed by atoms with Crippen molar-refractivity contribution in [2.24, 2.45) is 0 Å². The van der Waals surface area contributed by atoms with Crippen LogP contribution in [0.15, 0.2) is 24.3 Å². The number of carbonyl (C=O) groups excluding carboxylic acids is 2. The summed E-state index contributed by atoms with van der Waals surface area (Å²) in [4.78, 5) is 31.1. The highest BCUT2D eigenvalue weighted by atomic mass is 16.2. The van der Waals surface area contributed by atoms with Crippen molar-refractivity contribution < 1.29 is 9.59 Å². The molecule has 134 valence electrons. The highest BCUT2D eigenvalue weighted by Gasteiger charge is 2.32. The number of benzene rings is 1. The lowest BCUT2D eigenvalue weighted by molar-refractivity contribution is -0.128. The normalized spacial score (nSPS) is 24.0. The van der Waals surface area contributed by atoms with E-state index in [-0.39, 0.29) is 11.8 Å². The molecule has 0 aromatic heterocycles. The lowest BCUT2D eigenvalue weighted by Gasteiger charge is -2.38. The van der Waals surface area contributed by atoms with Gasteiger partial charge in [0.05, 0.1) is 6.54 Å². The Labute approximate surface area is 149 Å². The second kappa shape index (κ2) is 7.16. The Bertz CT molecular complexity index is 660. The first-order valence-electron chi connectivity index (χ1n) is 9.62. The number of carbonyl (C=O) groups is 2. The van der Waals surface area contributed by atoms with Gasteiger partial charge in [0.1, 0.15) is 0 Å². The SMILES string of the molecule is O=C1CCCN1C[C@H]1CCCCN1CC(=O)N1CCc2ccccc21. The van der Waals surface area contributed by atoms with Gasteiger partial charge in [-0.2, -0.15) is 0 Å². The second-order valence-corrected chi connectivity index (χ2v) is 7.49. The number of likely N-dealkylation sites (tertiary alicyclic amines) is 2. The number of rotatable bonds is 4. The molecule has 0 spiro atoms. The number of fused-ring (bicyclic) bond motifs is 1. The van der Waals surface area contributed by atoms with E-state index < -0.39 is 0 Å². The van der Waals surface area contributed by atoms with E-state index in [1.54, 1.807) is 0 Å². The molecule has 0 radical (unpaired) electrons. The van der Waals surface area contributed by atoms with Gasteiger partial charge in [-0.15, -0.1) is 0 Å². The van der Waals surface area contributed by atoms with Gasteiger partial charge in [0, 0.05) is 37.8 Å². The smallest absolute Gasteiger partial charge is 0.241 e. The standard InChI is InChI=1S/C20H27N3O2/c24-19-9-5-12-22(19)14-17-7-3-4-11-21(17)15-20(25)23-13-10-16-6-1-2-8-18(16)23/h1-2,6,8,17H,3-5,7,9-15H2/t17-/m1/s1. The van der Waals surface area contributed by atoms with Crippen molar-refractivity contribution in [2.45, 2.75) is 44.6 Å². The zero-order valence-electron chi connectivity index (χ0n) is 14.8. The lowest BCUT2D eigenvalue weighted by Crippen LogP contribution is -2.51. The highest BCUT2D eigenvalue weighted by Crippen LogP contribution is 2.28. The van der Waals surface area contributed by atoms with E-state index in [1.165, 1.54) is 12.0 Å². The van der Waals surface area contributed by atoms with Gasteiger partial charge in [-0.05, 0) is 43.9 Å². The summed E-state index contributed by atoms with van der Waals surface area (Å²) in [6, 6.07) is 8.55. The molecule has 2 saturated heterocycles. The van der Waals surface area contributed by atoms with Crippen molar-refractivity contribution in [3.8, 4) is 0 Å². The number of hydrogen-bond donors (Lipinski definition) is 0. The third-order valence-electron chi connectivity index (χ3n) is 5.88. The van der Waals surface area contributed by atoms with E-state index >= 15 is 0 Å². The van der Waals surface area contributed by atoms with E-state index in [4.69, 9.17) is 0 Å². The van der Waals surface area contributed by atoms with Crippen LogP contribution in [0.25, 0.3) is 0 Å². The van der Waals surface area contributed by atoms with Crippen molar-refractivity contribution in [3.63, 3.8) is 0 Å². The van der Waals surface area contributed by atoms with Crippen molar-refractivity contribution in [2.75, 3.05) is 37.6 Å². The van der Waals surface area contributed by atoms with Crippen LogP contribution in [0.4, 0.5) is 5.69 Å². The number of hydrogen-bond acceptors (Lipinski definition) is 3. The zero-order chi connectivity index (χ0) is 17.2. The number of para-hydroxylation sites is 1. The fourth-order valence-electron chi connectivity index (χ4n) is 4.48. The van der Waals surface area contributed by atoms with Crippen LogP contribution in [0.3, 0.4) is 0 Å². The van der Waals surface area contributed by atoms with Gasteiger partial charge in [-0.25, -0.2) is 0 Å². The minimum Gasteiger partial charge on any atom is -0.341 e. The summed E-state index contributed by atoms with van der Waals surface area (Å²) >= 11 is 0. The third-order valence-corrected chi connectivity index (χ3v) is 5.88. The molecule has 2 fully saturated rings. The van der Waals surface area contributed by atoms with Gasteiger partial charge in [0.2, 0.25) is 11.8 Å². The van der Waals surface area contributed by atoms with Gasteiger partial charge in [0.25, 0.3) is 0 Å². The molecule has 3 heterocycles. The van der Waals surface area contributed by atoms with Gasteiger partial charge in [-0.1, -0.05) is 24.6 Å². The van der Waals surface area contributed by atoms with E-state index in [2.05, 4.69) is 17.0 Å². The van der Waals surface area contributed by atoms with Crippen molar-refractivity contribution in [1.29, 1.82) is 0 Å². The zero-order valence-corrected chi connectivity index (χ0v) is 14.8. The Kier molecular flexibility index (Phi) is 4.75. The molecule has 0 N–H and O–H groups in total. The molecule has 0 unspecified atom stereocenters. The largest absolute Gasteiger partial charge is 0.341 e. The highest BCUT2D eigenvalue weighted by molar-refractivity contribution is 5.96. The molecule has 3 aliphatic rings. The van der Waals surface area contributed by atoms with Crippen molar-refractivity contribution >= 4 is 17.5 Å². The first-order valence-corrected chi connectivity index (χ1v) is 9.62. The average Bonchev–Trinajstić information content (AvgIpc) is 3.23. The Morgan fingerprint density at radius 2 is 1.92 bits per heavy atom. The summed E-state index contributed by atoms with van der Waals surface area (Å²) in [6.07, 6.45) is 6.06. The van der Waals surface area contributed by atoms with E-state index in [9.17, 15) is 9.59 Å². The average molecular weight is 341 g/mol. The molecule has 0 bridgehead atoms. The fourth-order valence-corrected chi connectivity index (χ4v) is 4.48. The first-order chi connectivity index (χ1) is 12.2. The summed E-state index contributed by atoms with van der Waals surface area (Å²) < 4.78 is 0. The van der Waals surface area contributed by atoms with Gasteiger partial charge < -0.3 is 9.80 Å². The molecular weight excluding hydrogens is 314 g/mol. The minimum atomic E-state index is 0.199. The minimum absolute atomic E-state index is 0.199. The third kappa shape index (κ3) is 3.43. The molecule has 0 saturated carbocycles. The lowest BCUT2D eigenvalue weighted by atomic mass is 10.0. The maximum absolute atomic E-state index is 12.9. The molecule has 5 nitrogen and oxygen atoms in total. The Morgan fingerprint density at radius 1 is 1.04 bits per heavy atom. The summed E-state index contributed by atoms with van der Waals surface area (Å²) in [7, 11) is 0.